The van der Waals surface area contributed by atoms with Crippen molar-refractivity contribution in [3.63, 3.8) is 0 Å². The molecule has 13 heteroatoms. The molecule has 0 saturated carbocycles. The number of allylic oxidation sites excluding steroid dienone is 2. The molecule has 2 heterocycles. The Hall–Kier alpha value is -3.18. The number of aryl methyl sites for hydroxylation is 1. The zero-order valence-corrected chi connectivity index (χ0v) is 20.3. The highest BCUT2D eigenvalue weighted by Gasteiger charge is 2.31. The molecule has 3 rings (SSSR count). The number of aromatic nitrogens is 2. The van der Waals surface area contributed by atoms with Gasteiger partial charge in [-0.3, -0.25) is 9.59 Å². The average Bonchev–Trinajstić information content (AvgIpc) is 3.17. The molecule has 1 aliphatic rings. The molecule has 1 aromatic carbocycles. The van der Waals surface area contributed by atoms with Gasteiger partial charge in [0.2, 0.25) is 5.88 Å². The molecule has 2 amide bonds. The Kier molecular flexibility index (Phi) is 8.01. The fourth-order valence-corrected chi connectivity index (χ4v) is 3.72. The van der Waals surface area contributed by atoms with Gasteiger partial charge in [-0.2, -0.15) is 13.2 Å². The number of alkyl halides is 3. The Morgan fingerprint density at radius 3 is 2.57 bits per heavy atom. The maximum atomic E-state index is 13.3. The lowest BCUT2D eigenvalue weighted by molar-refractivity contribution is -0.154. The highest BCUT2D eigenvalue weighted by atomic mass is 35.5. The van der Waals surface area contributed by atoms with Crippen molar-refractivity contribution >= 4 is 40.7 Å². The van der Waals surface area contributed by atoms with Gasteiger partial charge >= 0.3 is 6.18 Å². The normalized spacial score (nSPS) is 15.5. The van der Waals surface area contributed by atoms with Crippen LogP contribution in [0.3, 0.4) is 0 Å². The lowest BCUT2D eigenvalue weighted by atomic mass is 10.1. The van der Waals surface area contributed by atoms with Gasteiger partial charge in [0.05, 0.1) is 16.3 Å². The Balaban J connectivity index is 2.00. The third-order valence-electron chi connectivity index (χ3n) is 4.64. The van der Waals surface area contributed by atoms with Gasteiger partial charge in [0.25, 0.3) is 11.8 Å². The lowest BCUT2D eigenvalue weighted by Crippen LogP contribution is -2.32. The molecule has 1 atom stereocenters. The monoisotopic (exact) mass is 531 g/mol. The number of dihydropyridines is 1. The van der Waals surface area contributed by atoms with E-state index in [1.54, 1.807) is 39.0 Å². The number of anilines is 1. The van der Waals surface area contributed by atoms with Gasteiger partial charge in [-0.15, -0.1) is 5.10 Å². The van der Waals surface area contributed by atoms with E-state index in [9.17, 15) is 22.8 Å². The fourth-order valence-electron chi connectivity index (χ4n) is 3.22. The highest BCUT2D eigenvalue weighted by Crippen LogP contribution is 2.29. The summed E-state index contributed by atoms with van der Waals surface area (Å²) >= 11 is 12.4. The molecule has 0 aliphatic carbocycles. The Morgan fingerprint density at radius 2 is 1.94 bits per heavy atom. The lowest BCUT2D eigenvalue weighted by Gasteiger charge is -2.22. The first-order chi connectivity index (χ1) is 16.4. The summed E-state index contributed by atoms with van der Waals surface area (Å²) < 4.78 is 43.8. The van der Waals surface area contributed by atoms with Gasteiger partial charge in [0, 0.05) is 17.1 Å². The zero-order chi connectivity index (χ0) is 25.9. The molecule has 35 heavy (non-hydrogen) atoms. The van der Waals surface area contributed by atoms with Crippen molar-refractivity contribution in [2.45, 2.75) is 39.2 Å². The predicted molar refractivity (Wildman–Crippen MR) is 126 cm³/mol. The minimum atomic E-state index is -4.60. The molecular weight excluding hydrogens is 510 g/mol. The van der Waals surface area contributed by atoms with Crippen LogP contribution in [0.1, 0.15) is 46.4 Å². The molecule has 0 spiro atoms. The van der Waals surface area contributed by atoms with E-state index in [1.165, 1.54) is 12.3 Å². The topological polar surface area (TPSA) is 97.3 Å². The number of carbonyl (C=O) groups excluding carboxylic acids is 2. The third-order valence-corrected chi connectivity index (χ3v) is 5.20. The maximum absolute atomic E-state index is 13.3. The molecule has 1 aliphatic heterocycles. The Bertz CT molecular complexity index is 1190. The van der Waals surface area contributed by atoms with Crippen LogP contribution in [-0.2, 0) is 0 Å². The minimum absolute atomic E-state index is 0.119. The van der Waals surface area contributed by atoms with Crippen molar-refractivity contribution in [2.24, 2.45) is 0 Å². The summed E-state index contributed by atoms with van der Waals surface area (Å²) in [6.45, 7) is 3.60. The Labute approximate surface area is 209 Å². The second-order valence-electron chi connectivity index (χ2n) is 7.92. The number of ether oxygens (including phenoxy) is 1. The van der Waals surface area contributed by atoms with E-state index in [0.717, 1.165) is 10.7 Å². The Morgan fingerprint density at radius 1 is 1.23 bits per heavy atom. The second kappa shape index (κ2) is 10.6. The van der Waals surface area contributed by atoms with E-state index in [-0.39, 0.29) is 33.0 Å². The molecule has 1 unspecified atom stereocenters. The van der Waals surface area contributed by atoms with Crippen molar-refractivity contribution in [1.82, 2.24) is 20.4 Å². The summed E-state index contributed by atoms with van der Waals surface area (Å²) in [6, 6.07) is 3.85. The quantitative estimate of drug-likeness (QED) is 0.471. The first-order valence-corrected chi connectivity index (χ1v) is 11.1. The predicted octanol–water partition coefficient (Wildman–Crippen LogP) is 4.91. The van der Waals surface area contributed by atoms with Crippen LogP contribution in [0.4, 0.5) is 18.9 Å². The van der Waals surface area contributed by atoms with E-state index in [1.807, 2.05) is 0 Å². The summed E-state index contributed by atoms with van der Waals surface area (Å²) in [5.41, 5.74) is 0.636. The number of amides is 2. The largest absolute Gasteiger partial charge is 0.467 e. The third kappa shape index (κ3) is 6.70. The number of hydrogen-bond acceptors (Lipinski definition) is 5. The highest BCUT2D eigenvalue weighted by molar-refractivity contribution is 6.31. The number of halogens is 5. The number of benzene rings is 1. The molecule has 188 valence electrons. The van der Waals surface area contributed by atoms with E-state index >= 15 is 0 Å². The molecule has 0 fully saturated rings. The average molecular weight is 532 g/mol. The molecule has 3 N–H and O–H groups in total. The molecule has 2 aromatic rings. The van der Waals surface area contributed by atoms with Gasteiger partial charge < -0.3 is 20.7 Å². The van der Waals surface area contributed by atoms with Crippen LogP contribution in [0.5, 0.6) is 5.88 Å². The van der Waals surface area contributed by atoms with Crippen molar-refractivity contribution in [2.75, 3.05) is 11.9 Å². The van der Waals surface area contributed by atoms with Gasteiger partial charge in [0.1, 0.15) is 5.69 Å². The van der Waals surface area contributed by atoms with Crippen LogP contribution < -0.4 is 20.7 Å². The van der Waals surface area contributed by atoms with Crippen LogP contribution in [0.2, 0.25) is 5.02 Å². The van der Waals surface area contributed by atoms with Crippen LogP contribution in [0.15, 0.2) is 41.6 Å². The SMILES string of the molecule is Cc1cc(Cl)cc(C(=O)NC(C)C)c1NC(=O)c1cc(OCC(F)(F)F)nn1C1NC=CC=C1Cl. The number of carbonyl (C=O) groups is 2. The first kappa shape index (κ1) is 26.4. The van der Waals surface area contributed by atoms with E-state index in [4.69, 9.17) is 27.9 Å². The van der Waals surface area contributed by atoms with Gasteiger partial charge in [0.15, 0.2) is 12.8 Å². The number of nitrogens with zero attached hydrogens (tertiary/aromatic N) is 2. The number of nitrogens with one attached hydrogen (secondary N) is 3. The summed E-state index contributed by atoms with van der Waals surface area (Å²) in [7, 11) is 0. The zero-order valence-electron chi connectivity index (χ0n) is 18.8. The summed E-state index contributed by atoms with van der Waals surface area (Å²) in [6.07, 6.45) is -0.789. The minimum Gasteiger partial charge on any atom is -0.467 e. The standard InChI is InChI=1S/C22H22Cl2F3N5O3/c1-11(2)29-20(33)14-8-13(23)7-12(3)18(14)30-21(34)16-9-17(35-10-22(25,26)27)31-32(16)19-15(24)5-4-6-28-19/h4-9,11,19,28H,10H2,1-3H3,(H,29,33)(H,30,34). The first-order valence-electron chi connectivity index (χ1n) is 10.4. The molecular formula is C22H22Cl2F3N5O3. The number of hydrogen-bond donors (Lipinski definition) is 3. The second-order valence-corrected chi connectivity index (χ2v) is 8.80. The van der Waals surface area contributed by atoms with Crippen molar-refractivity contribution in [1.29, 1.82) is 0 Å². The van der Waals surface area contributed by atoms with E-state index in [0.29, 0.717) is 5.56 Å². The number of rotatable bonds is 7. The van der Waals surface area contributed by atoms with Gasteiger partial charge in [-0.25, -0.2) is 4.68 Å². The summed E-state index contributed by atoms with van der Waals surface area (Å²) in [5, 5.41) is 12.8. The molecule has 0 bridgehead atoms. The van der Waals surface area contributed by atoms with Crippen LogP contribution >= 0.6 is 23.2 Å². The van der Waals surface area contributed by atoms with Crippen molar-refractivity contribution < 1.29 is 27.5 Å². The molecule has 8 nitrogen and oxygen atoms in total. The van der Waals surface area contributed by atoms with E-state index < -0.39 is 36.6 Å². The smallest absolute Gasteiger partial charge is 0.422 e. The van der Waals surface area contributed by atoms with Crippen molar-refractivity contribution in [3.05, 3.63) is 63.4 Å². The maximum Gasteiger partial charge on any atom is 0.422 e. The van der Waals surface area contributed by atoms with Gasteiger partial charge in [-0.05, 0) is 56.8 Å². The fraction of sp³-hybridized carbons (Fsp3) is 0.318. The molecule has 0 saturated heterocycles. The van der Waals surface area contributed by atoms with Gasteiger partial charge in [-0.1, -0.05) is 23.2 Å². The molecule has 1 aromatic heterocycles. The molecule has 0 radical (unpaired) electrons. The van der Waals surface area contributed by atoms with E-state index in [2.05, 4.69) is 21.0 Å². The van der Waals surface area contributed by atoms with Crippen molar-refractivity contribution in [3.8, 4) is 5.88 Å². The van der Waals surface area contributed by atoms with Crippen LogP contribution in [0, 0.1) is 6.92 Å². The summed E-state index contributed by atoms with van der Waals surface area (Å²) in [4.78, 5) is 26.0. The van der Waals surface area contributed by atoms with Crippen LogP contribution in [0.25, 0.3) is 0 Å². The van der Waals surface area contributed by atoms with Crippen LogP contribution in [-0.4, -0.2) is 40.4 Å². The summed E-state index contributed by atoms with van der Waals surface area (Å²) in [5.74, 6) is -1.66.